The van der Waals surface area contributed by atoms with Crippen LogP contribution < -0.4 is 10.9 Å². The second-order valence-corrected chi connectivity index (χ2v) is 5.01. The molecule has 5 nitrogen and oxygen atoms in total. The predicted molar refractivity (Wildman–Crippen MR) is 57.9 cm³/mol. The van der Waals surface area contributed by atoms with Crippen LogP contribution in [0.5, 0.6) is 0 Å². The van der Waals surface area contributed by atoms with Crippen molar-refractivity contribution in [1.82, 2.24) is 0 Å². The van der Waals surface area contributed by atoms with Gasteiger partial charge in [0.05, 0.1) is 5.69 Å². The van der Waals surface area contributed by atoms with Gasteiger partial charge in [0.25, 0.3) is 10.0 Å². The van der Waals surface area contributed by atoms with Gasteiger partial charge in [-0.25, -0.2) is 14.6 Å². The maximum atomic E-state index is 13.1. The fourth-order valence-electron chi connectivity index (χ4n) is 1.52. The van der Waals surface area contributed by atoms with Gasteiger partial charge in [-0.05, 0) is 6.07 Å². The zero-order chi connectivity index (χ0) is 12.8. The molecule has 0 aromatic heterocycles. The summed E-state index contributed by atoms with van der Waals surface area (Å²) in [6.45, 7) is 1.65. The Morgan fingerprint density at radius 1 is 1.35 bits per heavy atom. The molecule has 92 valence electrons. The average Bonchev–Trinajstić information content (AvgIpc) is 2.26. The highest BCUT2D eigenvalue weighted by molar-refractivity contribution is 7.90. The first kappa shape index (κ1) is 11.9. The van der Waals surface area contributed by atoms with E-state index < -0.39 is 26.6 Å². The molecule has 1 aliphatic rings. The first-order valence-corrected chi connectivity index (χ1v) is 6.18. The number of hydrogen-bond acceptors (Lipinski definition) is 4. The number of benzene rings is 1. The van der Waals surface area contributed by atoms with Crippen LogP contribution in [0.15, 0.2) is 21.4 Å². The monoisotopic (exact) mass is 261 g/mol. The number of rotatable bonds is 1. The topological polar surface area (TPSA) is 75.8 Å². The molecule has 0 aliphatic carbocycles. The third-order valence-electron chi connectivity index (χ3n) is 2.36. The number of halogens is 2. The summed E-state index contributed by atoms with van der Waals surface area (Å²) in [6, 6.07) is 1.32. The Morgan fingerprint density at radius 3 is 2.53 bits per heavy atom. The second kappa shape index (κ2) is 3.74. The lowest BCUT2D eigenvalue weighted by atomic mass is 10.2. The molecule has 1 aromatic carbocycles. The van der Waals surface area contributed by atoms with Crippen LogP contribution >= 0.6 is 0 Å². The van der Waals surface area contributed by atoms with Crippen molar-refractivity contribution in [2.75, 3.05) is 5.01 Å². The SMILES string of the molecule is CCC1=NS(=O)(=O)c2cc(F)c(F)cc2N1N. The van der Waals surface area contributed by atoms with E-state index in [0.717, 1.165) is 11.1 Å². The van der Waals surface area contributed by atoms with Crippen molar-refractivity contribution >= 4 is 21.5 Å². The number of sulfonamides is 1. The molecular weight excluding hydrogens is 252 g/mol. The minimum Gasteiger partial charge on any atom is -0.264 e. The summed E-state index contributed by atoms with van der Waals surface area (Å²) in [7, 11) is -4.02. The smallest absolute Gasteiger partial charge is 0.264 e. The van der Waals surface area contributed by atoms with Crippen molar-refractivity contribution in [3.05, 3.63) is 23.8 Å². The van der Waals surface area contributed by atoms with Gasteiger partial charge < -0.3 is 0 Å². The molecule has 2 N–H and O–H groups in total. The quantitative estimate of drug-likeness (QED) is 0.769. The van der Waals surface area contributed by atoms with Crippen molar-refractivity contribution < 1.29 is 17.2 Å². The van der Waals surface area contributed by atoms with Gasteiger partial charge in [0.2, 0.25) is 0 Å². The molecule has 2 rings (SSSR count). The number of nitrogens with two attached hydrogens (primary N) is 1. The van der Waals surface area contributed by atoms with Crippen LogP contribution in [0.4, 0.5) is 14.5 Å². The van der Waals surface area contributed by atoms with E-state index in [1.165, 1.54) is 0 Å². The van der Waals surface area contributed by atoms with Gasteiger partial charge >= 0.3 is 0 Å². The van der Waals surface area contributed by atoms with Crippen LogP contribution in [0.3, 0.4) is 0 Å². The molecule has 0 amide bonds. The van der Waals surface area contributed by atoms with E-state index in [1.807, 2.05) is 0 Å². The van der Waals surface area contributed by atoms with E-state index in [1.54, 1.807) is 6.92 Å². The second-order valence-electron chi connectivity index (χ2n) is 3.44. The van der Waals surface area contributed by atoms with E-state index in [9.17, 15) is 17.2 Å². The Labute approximate surface area is 96.6 Å². The Hall–Kier alpha value is -1.54. The van der Waals surface area contributed by atoms with Crippen LogP contribution in [0.2, 0.25) is 0 Å². The molecule has 0 saturated carbocycles. The number of nitrogens with zero attached hydrogens (tertiary/aromatic N) is 2. The van der Waals surface area contributed by atoms with Crippen LogP contribution in [-0.4, -0.2) is 14.3 Å². The number of hydrazine groups is 1. The summed E-state index contributed by atoms with van der Waals surface area (Å²) < 4.78 is 52.9. The maximum Gasteiger partial charge on any atom is 0.286 e. The summed E-state index contributed by atoms with van der Waals surface area (Å²) in [5.74, 6) is 3.25. The molecule has 0 bridgehead atoms. The lowest BCUT2D eigenvalue weighted by Gasteiger charge is -2.25. The highest BCUT2D eigenvalue weighted by Crippen LogP contribution is 2.32. The fraction of sp³-hybridized carbons (Fsp3) is 0.222. The van der Waals surface area contributed by atoms with Crippen LogP contribution in [0.1, 0.15) is 13.3 Å². The molecule has 0 fully saturated rings. The normalized spacial score (nSPS) is 17.6. The largest absolute Gasteiger partial charge is 0.286 e. The molecule has 17 heavy (non-hydrogen) atoms. The van der Waals surface area contributed by atoms with Gasteiger partial charge in [-0.1, -0.05) is 6.92 Å². The number of anilines is 1. The highest BCUT2D eigenvalue weighted by Gasteiger charge is 2.30. The lowest BCUT2D eigenvalue weighted by Crippen LogP contribution is -2.41. The molecule has 0 spiro atoms. The summed E-state index contributed by atoms with van der Waals surface area (Å²) >= 11 is 0. The summed E-state index contributed by atoms with van der Waals surface area (Å²) in [5.41, 5.74) is -0.115. The van der Waals surface area contributed by atoms with Gasteiger partial charge in [-0.2, -0.15) is 8.42 Å². The minimum atomic E-state index is -4.02. The van der Waals surface area contributed by atoms with Crippen LogP contribution in [-0.2, 0) is 10.0 Å². The van der Waals surface area contributed by atoms with Gasteiger partial charge in [0.1, 0.15) is 10.7 Å². The third-order valence-corrected chi connectivity index (χ3v) is 3.69. The van der Waals surface area contributed by atoms with Crippen molar-refractivity contribution in [3.8, 4) is 0 Å². The Balaban J connectivity index is 2.76. The van der Waals surface area contributed by atoms with Gasteiger partial charge in [-0.3, -0.25) is 5.01 Å². The summed E-state index contributed by atoms with van der Waals surface area (Å²) in [4.78, 5) is -0.434. The highest BCUT2D eigenvalue weighted by atomic mass is 32.2. The van der Waals surface area contributed by atoms with Gasteiger partial charge in [0.15, 0.2) is 11.6 Å². The van der Waals surface area contributed by atoms with Crippen molar-refractivity contribution in [2.24, 2.45) is 10.2 Å². The molecule has 0 unspecified atom stereocenters. The van der Waals surface area contributed by atoms with E-state index in [2.05, 4.69) is 4.40 Å². The van der Waals surface area contributed by atoms with Crippen molar-refractivity contribution in [2.45, 2.75) is 18.2 Å². The number of amidine groups is 1. The predicted octanol–water partition coefficient (Wildman–Crippen LogP) is 1.16. The molecule has 0 saturated heterocycles. The molecule has 1 aromatic rings. The Morgan fingerprint density at radius 2 is 1.94 bits per heavy atom. The Kier molecular flexibility index (Phi) is 2.63. The van der Waals surface area contributed by atoms with Crippen LogP contribution in [0, 0.1) is 11.6 Å². The summed E-state index contributed by atoms with van der Waals surface area (Å²) in [5, 5.41) is 0.943. The number of hydrogen-bond donors (Lipinski definition) is 1. The first-order chi connectivity index (χ1) is 7.86. The van der Waals surface area contributed by atoms with Crippen molar-refractivity contribution in [1.29, 1.82) is 0 Å². The fourth-order valence-corrected chi connectivity index (χ4v) is 2.79. The molecule has 0 radical (unpaired) electrons. The lowest BCUT2D eigenvalue weighted by molar-refractivity contribution is 0.504. The van der Waals surface area contributed by atoms with E-state index in [0.29, 0.717) is 6.07 Å². The molecule has 1 heterocycles. The van der Waals surface area contributed by atoms with Gasteiger partial charge in [-0.15, -0.1) is 4.40 Å². The molecule has 8 heteroatoms. The Bertz CT molecular complexity index is 613. The summed E-state index contributed by atoms with van der Waals surface area (Å²) in [6.07, 6.45) is 0.258. The maximum absolute atomic E-state index is 13.1. The van der Waals surface area contributed by atoms with Gasteiger partial charge in [0, 0.05) is 12.5 Å². The molecular formula is C9H9F2N3O2S. The first-order valence-electron chi connectivity index (χ1n) is 4.74. The molecule has 0 atom stereocenters. The zero-order valence-corrected chi connectivity index (χ0v) is 9.63. The average molecular weight is 261 g/mol. The third kappa shape index (κ3) is 1.79. The molecule has 1 aliphatic heterocycles. The van der Waals surface area contributed by atoms with Crippen LogP contribution in [0.25, 0.3) is 0 Å². The minimum absolute atomic E-state index is 0.0727. The standard InChI is InChI=1S/C9H9F2N3O2S/c1-2-9-13-17(15,16)8-4-6(11)5(10)3-7(8)14(9)12/h3-4H,2,12H2,1H3. The zero-order valence-electron chi connectivity index (χ0n) is 8.81. The van der Waals surface area contributed by atoms with E-state index >= 15 is 0 Å². The number of fused-ring (bicyclic) bond motifs is 1. The van der Waals surface area contributed by atoms with E-state index in [4.69, 9.17) is 5.84 Å². The van der Waals surface area contributed by atoms with Crippen molar-refractivity contribution in [3.63, 3.8) is 0 Å². The van der Waals surface area contributed by atoms with E-state index in [-0.39, 0.29) is 17.9 Å².